The maximum Gasteiger partial charge on any atom is 0.335 e. The van der Waals surface area contributed by atoms with E-state index in [2.05, 4.69) is 10.1 Å². The Bertz CT molecular complexity index is 904. The van der Waals surface area contributed by atoms with Gasteiger partial charge in [-0.05, 0) is 37.6 Å². The molecule has 0 fully saturated rings. The number of aromatic nitrogens is 3. The predicted molar refractivity (Wildman–Crippen MR) is 87.8 cm³/mol. The van der Waals surface area contributed by atoms with Gasteiger partial charge in [-0.1, -0.05) is 0 Å². The monoisotopic (exact) mass is 350 g/mol. The van der Waals surface area contributed by atoms with Gasteiger partial charge in [0.05, 0.1) is 23.4 Å². The van der Waals surface area contributed by atoms with E-state index in [4.69, 9.17) is 0 Å². The van der Waals surface area contributed by atoms with Gasteiger partial charge < -0.3 is 5.11 Å². The van der Waals surface area contributed by atoms with Gasteiger partial charge in [0.1, 0.15) is 6.33 Å². The van der Waals surface area contributed by atoms with Crippen LogP contribution in [0, 0.1) is 0 Å². The number of benzene rings is 1. The minimum absolute atomic E-state index is 0.109. The molecule has 1 aromatic carbocycles. The van der Waals surface area contributed by atoms with E-state index < -0.39 is 21.9 Å². The molecule has 2 aromatic rings. The summed E-state index contributed by atoms with van der Waals surface area (Å²) in [5.41, 5.74) is 1.20. The highest BCUT2D eigenvalue weighted by molar-refractivity contribution is 7.92. The Morgan fingerprint density at radius 2 is 2.08 bits per heavy atom. The van der Waals surface area contributed by atoms with Crippen molar-refractivity contribution in [3.8, 4) is 0 Å². The van der Waals surface area contributed by atoms with Gasteiger partial charge in [-0.2, -0.15) is 5.10 Å². The molecule has 0 spiro atoms. The maximum absolute atomic E-state index is 12.1. The van der Waals surface area contributed by atoms with E-state index >= 15 is 0 Å². The Morgan fingerprint density at radius 1 is 1.38 bits per heavy atom. The number of aromatic carboxylic acids is 1. The van der Waals surface area contributed by atoms with Crippen LogP contribution in [0.25, 0.3) is 0 Å². The average molecular weight is 350 g/mol. The smallest absolute Gasteiger partial charge is 0.335 e. The number of hydrogen-bond acceptors (Lipinski definition) is 5. The molecule has 0 amide bonds. The van der Waals surface area contributed by atoms with Crippen molar-refractivity contribution in [2.75, 3.05) is 17.1 Å². The van der Waals surface area contributed by atoms with Crippen molar-refractivity contribution in [3.05, 3.63) is 41.5 Å². The highest BCUT2D eigenvalue weighted by Gasteiger charge is 2.37. The van der Waals surface area contributed by atoms with E-state index in [1.165, 1.54) is 22.5 Å². The van der Waals surface area contributed by atoms with Crippen molar-refractivity contribution in [2.45, 2.75) is 25.8 Å². The molecule has 24 heavy (non-hydrogen) atoms. The number of hydrogen-bond donors (Lipinski definition) is 1. The third-order valence-electron chi connectivity index (χ3n) is 4.03. The summed E-state index contributed by atoms with van der Waals surface area (Å²) in [4.78, 5) is 15.5. The SMILES string of the molecule is CC(C)n1cnc(C2CN(S(C)(=O)=O)c3ccc(C(=O)O)cc32)n1. The second kappa shape index (κ2) is 5.59. The normalized spacial score (nSPS) is 17.3. The summed E-state index contributed by atoms with van der Waals surface area (Å²) in [6.45, 7) is 4.10. The van der Waals surface area contributed by atoms with Gasteiger partial charge in [-0.15, -0.1) is 0 Å². The number of nitrogens with zero attached hydrogens (tertiary/aromatic N) is 4. The fraction of sp³-hybridized carbons (Fsp3) is 0.400. The van der Waals surface area contributed by atoms with Crippen LogP contribution in [-0.4, -0.2) is 47.1 Å². The molecular formula is C15H18N4O4S. The lowest BCUT2D eigenvalue weighted by atomic mass is 9.98. The van der Waals surface area contributed by atoms with Gasteiger partial charge in [0, 0.05) is 12.6 Å². The van der Waals surface area contributed by atoms with Crippen molar-refractivity contribution in [2.24, 2.45) is 0 Å². The molecule has 1 aliphatic rings. The van der Waals surface area contributed by atoms with Crippen molar-refractivity contribution >= 4 is 21.7 Å². The van der Waals surface area contributed by atoms with Crippen LogP contribution in [-0.2, 0) is 10.0 Å². The molecule has 9 heteroatoms. The quantitative estimate of drug-likeness (QED) is 0.895. The Balaban J connectivity index is 2.12. The zero-order chi connectivity index (χ0) is 17.6. The van der Waals surface area contributed by atoms with E-state index in [-0.39, 0.29) is 18.2 Å². The topological polar surface area (TPSA) is 105 Å². The molecule has 0 bridgehead atoms. The highest BCUT2D eigenvalue weighted by Crippen LogP contribution is 2.40. The fourth-order valence-electron chi connectivity index (χ4n) is 2.79. The zero-order valence-electron chi connectivity index (χ0n) is 13.5. The number of rotatable bonds is 4. The Hall–Kier alpha value is -2.42. The first-order valence-electron chi connectivity index (χ1n) is 7.44. The number of carboxylic acid groups (broad SMARTS) is 1. The van der Waals surface area contributed by atoms with E-state index in [0.29, 0.717) is 17.1 Å². The molecule has 3 rings (SSSR count). The summed E-state index contributed by atoms with van der Waals surface area (Å²) in [5, 5.41) is 13.6. The van der Waals surface area contributed by atoms with Crippen LogP contribution in [0.5, 0.6) is 0 Å². The lowest BCUT2D eigenvalue weighted by molar-refractivity contribution is 0.0697. The van der Waals surface area contributed by atoms with Gasteiger partial charge in [0.15, 0.2) is 5.82 Å². The third kappa shape index (κ3) is 2.75. The lowest BCUT2D eigenvalue weighted by Crippen LogP contribution is -2.29. The zero-order valence-corrected chi connectivity index (χ0v) is 14.4. The standard InChI is InChI=1S/C15H18N4O4S/c1-9(2)18-8-16-14(17-18)12-7-19(24(3,22)23)13-5-4-10(15(20)21)6-11(12)13/h4-6,8-9,12H,7H2,1-3H3,(H,20,21). The summed E-state index contributed by atoms with van der Waals surface area (Å²) in [6.07, 6.45) is 2.73. The van der Waals surface area contributed by atoms with Crippen molar-refractivity contribution in [3.63, 3.8) is 0 Å². The first kappa shape index (κ1) is 16.4. The number of anilines is 1. The van der Waals surface area contributed by atoms with E-state index in [1.807, 2.05) is 13.8 Å². The number of fused-ring (bicyclic) bond motifs is 1. The highest BCUT2D eigenvalue weighted by atomic mass is 32.2. The Labute approximate surface area is 139 Å². The molecule has 0 radical (unpaired) electrons. The van der Waals surface area contributed by atoms with E-state index in [1.54, 1.807) is 11.0 Å². The van der Waals surface area contributed by atoms with Crippen molar-refractivity contribution in [1.82, 2.24) is 14.8 Å². The molecule has 0 aliphatic carbocycles. The van der Waals surface area contributed by atoms with Crippen LogP contribution < -0.4 is 4.31 Å². The second-order valence-corrected chi connectivity index (χ2v) is 8.01. The van der Waals surface area contributed by atoms with Crippen molar-refractivity contribution < 1.29 is 18.3 Å². The fourth-order valence-corrected chi connectivity index (χ4v) is 3.73. The molecule has 1 N–H and O–H groups in total. The number of carboxylic acids is 1. The molecule has 0 saturated carbocycles. The van der Waals surface area contributed by atoms with Crippen molar-refractivity contribution in [1.29, 1.82) is 0 Å². The second-order valence-electron chi connectivity index (χ2n) is 6.10. The molecule has 0 saturated heterocycles. The molecule has 8 nitrogen and oxygen atoms in total. The minimum Gasteiger partial charge on any atom is -0.478 e. The van der Waals surface area contributed by atoms with Gasteiger partial charge in [-0.25, -0.2) is 18.2 Å². The lowest BCUT2D eigenvalue weighted by Gasteiger charge is -2.16. The molecular weight excluding hydrogens is 332 g/mol. The van der Waals surface area contributed by atoms with Crippen LogP contribution in [0.3, 0.4) is 0 Å². The molecule has 1 atom stereocenters. The summed E-state index contributed by atoms with van der Waals surface area (Å²) < 4.78 is 27.1. The molecule has 2 heterocycles. The van der Waals surface area contributed by atoms with Gasteiger partial charge in [-0.3, -0.25) is 8.99 Å². The summed E-state index contributed by atoms with van der Waals surface area (Å²) in [6, 6.07) is 4.56. The maximum atomic E-state index is 12.1. The van der Waals surface area contributed by atoms with Crippen LogP contribution in [0.4, 0.5) is 5.69 Å². The van der Waals surface area contributed by atoms with Gasteiger partial charge in [0.25, 0.3) is 0 Å². The van der Waals surface area contributed by atoms with Gasteiger partial charge in [0.2, 0.25) is 10.0 Å². The Kier molecular flexibility index (Phi) is 3.83. The molecule has 1 aromatic heterocycles. The van der Waals surface area contributed by atoms with Crippen LogP contribution in [0.2, 0.25) is 0 Å². The largest absolute Gasteiger partial charge is 0.478 e. The summed E-state index contributed by atoms with van der Waals surface area (Å²) in [7, 11) is -3.48. The first-order chi connectivity index (χ1) is 11.2. The van der Waals surface area contributed by atoms with Gasteiger partial charge >= 0.3 is 5.97 Å². The minimum atomic E-state index is -3.48. The van der Waals surface area contributed by atoms with Crippen LogP contribution in [0.1, 0.15) is 47.6 Å². The van der Waals surface area contributed by atoms with Crippen LogP contribution in [0.15, 0.2) is 24.5 Å². The average Bonchev–Trinajstić information content (AvgIpc) is 3.10. The number of carbonyl (C=O) groups is 1. The third-order valence-corrected chi connectivity index (χ3v) is 5.18. The molecule has 1 unspecified atom stereocenters. The first-order valence-corrected chi connectivity index (χ1v) is 9.29. The van der Waals surface area contributed by atoms with Crippen LogP contribution >= 0.6 is 0 Å². The number of sulfonamides is 1. The molecule has 1 aliphatic heterocycles. The van der Waals surface area contributed by atoms with E-state index in [9.17, 15) is 18.3 Å². The van der Waals surface area contributed by atoms with E-state index in [0.717, 1.165) is 6.26 Å². The Morgan fingerprint density at radius 3 is 2.62 bits per heavy atom. The predicted octanol–water partition coefficient (Wildman–Crippen LogP) is 1.47. The molecule has 128 valence electrons. The summed E-state index contributed by atoms with van der Waals surface area (Å²) in [5.74, 6) is -0.970. The summed E-state index contributed by atoms with van der Waals surface area (Å²) >= 11 is 0.